The molecule has 0 saturated heterocycles. The third-order valence-corrected chi connectivity index (χ3v) is 20.3. The van der Waals surface area contributed by atoms with Crippen LogP contribution in [0.3, 0.4) is 0 Å². The Morgan fingerprint density at radius 3 is 1.76 bits per heavy atom. The predicted octanol–water partition coefficient (Wildman–Crippen LogP) is 21.2. The maximum Gasteiger partial charge on any atom is 0.235 e. The van der Waals surface area contributed by atoms with Crippen molar-refractivity contribution < 1.29 is 8.83 Å². The summed E-state index contributed by atoms with van der Waals surface area (Å²) in [5.41, 5.74) is 22.9. The molecule has 8 heteroatoms. The number of nitrogens with zero attached hydrogens (tertiary/aromatic N) is 6. The molecule has 2 aliphatic carbocycles. The normalized spacial score (nSPS) is 14.9. The van der Waals surface area contributed by atoms with Crippen molar-refractivity contribution in [3.05, 3.63) is 289 Å². The topological polar surface area (TPSA) is 87.7 Å². The predicted molar refractivity (Wildman–Crippen MR) is 374 cm³/mol. The zero-order chi connectivity index (χ0) is 60.7. The zero-order valence-electron chi connectivity index (χ0n) is 50.5. The lowest BCUT2D eigenvalue weighted by molar-refractivity contribution is 0.588. The quantitative estimate of drug-likeness (QED) is 0.148. The second-order valence-corrected chi connectivity index (χ2v) is 25.8. The lowest BCUT2D eigenvalue weighted by Crippen LogP contribution is -2.24. The Morgan fingerprint density at radius 2 is 0.967 bits per heavy atom. The molecule has 6 aromatic heterocycles. The van der Waals surface area contributed by atoms with Crippen LogP contribution < -0.4 is 0 Å². The molecule has 8 nitrogen and oxygen atoms in total. The van der Waals surface area contributed by atoms with Crippen LogP contribution in [0.25, 0.3) is 166 Å². The summed E-state index contributed by atoms with van der Waals surface area (Å²) in [7, 11) is 0. The van der Waals surface area contributed by atoms with Gasteiger partial charge in [-0.2, -0.15) is 0 Å². The van der Waals surface area contributed by atoms with Gasteiger partial charge in [-0.05, 0) is 99.3 Å². The molecule has 0 bridgehead atoms. The van der Waals surface area contributed by atoms with Gasteiger partial charge in [-0.25, -0.2) is 19.9 Å². The number of benzene rings is 12. The van der Waals surface area contributed by atoms with Gasteiger partial charge in [0.05, 0.1) is 39.3 Å². The molecule has 0 radical (unpaired) electrons. The van der Waals surface area contributed by atoms with Crippen molar-refractivity contribution in [3.63, 3.8) is 0 Å². The summed E-state index contributed by atoms with van der Waals surface area (Å²) in [4.78, 5) is 22.9. The molecule has 1 atom stereocenters. The van der Waals surface area contributed by atoms with E-state index >= 15 is 0 Å². The van der Waals surface area contributed by atoms with Crippen LogP contribution in [0.15, 0.2) is 270 Å². The highest BCUT2D eigenvalue weighted by molar-refractivity contribution is 6.23. The minimum absolute atomic E-state index is 0.328. The molecule has 12 aromatic carbocycles. The second-order valence-electron chi connectivity index (χ2n) is 25.8. The van der Waals surface area contributed by atoms with E-state index in [9.17, 15) is 0 Å². The molecule has 0 saturated carbocycles. The Hall–Kier alpha value is -11.7. The monoisotopic (exact) mass is 1180 g/mol. The van der Waals surface area contributed by atoms with E-state index in [2.05, 4.69) is 285 Å². The molecule has 0 spiro atoms. The molecule has 1 unspecified atom stereocenters. The van der Waals surface area contributed by atoms with E-state index in [0.29, 0.717) is 18.3 Å². The van der Waals surface area contributed by atoms with Gasteiger partial charge in [-0.3, -0.25) is 9.13 Å². The van der Waals surface area contributed by atoms with Gasteiger partial charge in [0, 0.05) is 81.6 Å². The zero-order valence-corrected chi connectivity index (χ0v) is 50.5. The molecular weight excluding hydrogens is 1120 g/mol. The number of hydrogen-bond acceptors (Lipinski definition) is 6. The van der Waals surface area contributed by atoms with Crippen molar-refractivity contribution in [1.29, 1.82) is 0 Å². The van der Waals surface area contributed by atoms with Crippen LogP contribution in [-0.4, -0.2) is 29.1 Å². The first-order chi connectivity index (χ1) is 45.3. The van der Waals surface area contributed by atoms with E-state index in [0.717, 1.165) is 143 Å². The molecule has 2 aliphatic rings. The van der Waals surface area contributed by atoms with Crippen molar-refractivity contribution >= 4 is 98.3 Å². The fraction of sp³-hybridized carbons (Fsp3) is 0.0714. The van der Waals surface area contributed by atoms with Crippen LogP contribution in [0.1, 0.15) is 48.6 Å². The van der Waals surface area contributed by atoms with E-state index in [1.54, 1.807) is 0 Å². The van der Waals surface area contributed by atoms with Gasteiger partial charge in [0.25, 0.3) is 0 Å². The summed E-state index contributed by atoms with van der Waals surface area (Å²) in [6.07, 6.45) is 0.676. The molecule has 20 rings (SSSR count). The van der Waals surface area contributed by atoms with Crippen LogP contribution in [0, 0.1) is 0 Å². The van der Waals surface area contributed by atoms with Gasteiger partial charge in [0.15, 0.2) is 5.58 Å². The van der Waals surface area contributed by atoms with Gasteiger partial charge in [0.2, 0.25) is 11.9 Å². The number of aromatic nitrogens is 6. The summed E-state index contributed by atoms with van der Waals surface area (Å²) >= 11 is 0. The smallest absolute Gasteiger partial charge is 0.235 e. The molecule has 18 aromatic rings. The maximum atomic E-state index is 7.13. The van der Waals surface area contributed by atoms with Crippen LogP contribution in [-0.2, 0) is 17.3 Å². The maximum absolute atomic E-state index is 7.13. The van der Waals surface area contributed by atoms with Crippen LogP contribution >= 0.6 is 0 Å². The van der Waals surface area contributed by atoms with Crippen LogP contribution in [0.2, 0.25) is 0 Å². The molecule has 0 amide bonds. The highest BCUT2D eigenvalue weighted by atomic mass is 16.3. The summed E-state index contributed by atoms with van der Waals surface area (Å²) in [6, 6.07) is 93.3. The number of furan rings is 2. The van der Waals surface area contributed by atoms with E-state index in [1.165, 1.54) is 38.8 Å². The molecule has 92 heavy (non-hydrogen) atoms. The standard InChI is InChI=1S/C84H54N6O2/c1-83(2)63-36-17-12-32-56(63)78-73(83)71-66(43-44-69-70(71)59-35-16-21-40-68(59)91-69)89(78)81-85-65-38-19-14-34-58(65)75(87-81)51-28-22-23-48(45-51)47-84(3)64-37-18-13-33-57(64)77-72(84)60-42-41-55-53-30-15-20-39-67(53)92-80(55)79(60)90(77)82-86-74(50-26-8-5-9-27-50)62-46-61(49-24-6-4-7-25-49)52-29-10-11-31-54(52)76(62)88-82/h4-46H,47H2,1-3H3. The summed E-state index contributed by atoms with van der Waals surface area (Å²) in [5.74, 6) is 1.20. The van der Waals surface area contributed by atoms with Gasteiger partial charge < -0.3 is 8.83 Å². The van der Waals surface area contributed by atoms with E-state index in [-0.39, 0.29) is 5.41 Å². The van der Waals surface area contributed by atoms with Crippen LogP contribution in [0.4, 0.5) is 0 Å². The summed E-state index contributed by atoms with van der Waals surface area (Å²) in [6.45, 7) is 7.14. The van der Waals surface area contributed by atoms with Gasteiger partial charge in [0.1, 0.15) is 22.3 Å². The minimum Gasteiger partial charge on any atom is -0.456 e. The molecule has 6 heterocycles. The molecule has 0 aliphatic heterocycles. The highest BCUT2D eigenvalue weighted by Crippen LogP contribution is 2.58. The molecule has 0 N–H and O–H groups in total. The van der Waals surface area contributed by atoms with E-state index in [4.69, 9.17) is 28.8 Å². The van der Waals surface area contributed by atoms with Crippen molar-refractivity contribution in [2.24, 2.45) is 0 Å². The van der Waals surface area contributed by atoms with Crippen molar-refractivity contribution in [1.82, 2.24) is 29.1 Å². The summed E-state index contributed by atoms with van der Waals surface area (Å²) < 4.78 is 18.4. The first kappa shape index (κ1) is 51.2. The number of hydrogen-bond donors (Lipinski definition) is 0. The first-order valence-corrected chi connectivity index (χ1v) is 31.7. The lowest BCUT2D eigenvalue weighted by atomic mass is 9.74. The van der Waals surface area contributed by atoms with Gasteiger partial charge in [-0.1, -0.05) is 233 Å². The van der Waals surface area contributed by atoms with E-state index < -0.39 is 5.41 Å². The Bertz CT molecular complexity index is 6220. The summed E-state index contributed by atoms with van der Waals surface area (Å²) in [5, 5.41) is 10.7. The third kappa shape index (κ3) is 6.95. The Balaban J connectivity index is 0.808. The fourth-order valence-electron chi connectivity index (χ4n) is 16.4. The lowest BCUT2D eigenvalue weighted by Gasteiger charge is -2.28. The van der Waals surface area contributed by atoms with Crippen molar-refractivity contribution in [2.75, 3.05) is 0 Å². The average Bonchev–Trinajstić information content (AvgIpc) is 1.52. The largest absolute Gasteiger partial charge is 0.456 e. The average molecular weight is 1180 g/mol. The molecular formula is C84H54N6O2. The Labute approximate surface area is 528 Å². The first-order valence-electron chi connectivity index (χ1n) is 31.7. The number of para-hydroxylation sites is 3. The Morgan fingerprint density at radius 1 is 0.370 bits per heavy atom. The number of rotatable bonds is 7. The number of fused-ring (bicyclic) bond motifs is 22. The highest BCUT2D eigenvalue weighted by Gasteiger charge is 2.46. The van der Waals surface area contributed by atoms with E-state index in [1.807, 2.05) is 6.07 Å². The minimum atomic E-state index is -0.559. The second kappa shape index (κ2) is 18.7. The van der Waals surface area contributed by atoms with Crippen molar-refractivity contribution in [2.45, 2.75) is 38.0 Å². The molecule has 0 fully saturated rings. The third-order valence-electron chi connectivity index (χ3n) is 20.3. The van der Waals surface area contributed by atoms with Crippen LogP contribution in [0.5, 0.6) is 0 Å². The SMILES string of the molecule is CC1(C)c2ccccc2-c2c1c1c3c(ccc1n2-c1nc(-c2cccc(CC4(C)c5ccccc5-c5c4c4ccc6c7ccccc7oc6c4n5-c4nc(-c5ccccc5)c5cc(-c6ccccc6)c6ccccc6c5n4)c2)c2ccccc2n1)oc1ccccc13. The Kier molecular flexibility index (Phi) is 10.4. The fourth-order valence-corrected chi connectivity index (χ4v) is 16.4. The van der Waals surface area contributed by atoms with Gasteiger partial charge >= 0.3 is 0 Å². The van der Waals surface area contributed by atoms with Crippen molar-refractivity contribution in [3.8, 4) is 68.1 Å². The molecule has 432 valence electrons. The van der Waals surface area contributed by atoms with Gasteiger partial charge in [-0.15, -0.1) is 0 Å².